The van der Waals surface area contributed by atoms with Crippen molar-refractivity contribution in [2.45, 2.75) is 18.9 Å². The van der Waals surface area contributed by atoms with Crippen LogP contribution in [0, 0.1) is 6.92 Å². The molecule has 3 N–H and O–H groups in total. The van der Waals surface area contributed by atoms with Crippen molar-refractivity contribution in [1.29, 1.82) is 0 Å². The molecular formula is C17H20ClNO2. The van der Waals surface area contributed by atoms with Gasteiger partial charge < -0.3 is 15.6 Å². The molecule has 0 aliphatic carbocycles. The van der Waals surface area contributed by atoms with Crippen LogP contribution in [0.3, 0.4) is 0 Å². The van der Waals surface area contributed by atoms with E-state index in [1.54, 1.807) is 13.2 Å². The number of hydrogen-bond donors (Lipinski definition) is 2. The van der Waals surface area contributed by atoms with Crippen LogP contribution in [0.2, 0.25) is 5.02 Å². The van der Waals surface area contributed by atoms with Gasteiger partial charge in [0.2, 0.25) is 0 Å². The van der Waals surface area contributed by atoms with Crippen molar-refractivity contribution in [2.75, 3.05) is 13.7 Å². The van der Waals surface area contributed by atoms with E-state index in [1.807, 2.05) is 43.3 Å². The number of hydrogen-bond acceptors (Lipinski definition) is 3. The van der Waals surface area contributed by atoms with Crippen LogP contribution in [0.15, 0.2) is 42.5 Å². The third-order valence-corrected chi connectivity index (χ3v) is 3.95. The van der Waals surface area contributed by atoms with Gasteiger partial charge in [-0.3, -0.25) is 0 Å². The molecule has 2 aromatic carbocycles. The predicted molar refractivity (Wildman–Crippen MR) is 85.9 cm³/mol. The highest BCUT2D eigenvalue weighted by atomic mass is 35.5. The summed E-state index contributed by atoms with van der Waals surface area (Å²) in [6.07, 6.45) is -0.708. The molecule has 0 amide bonds. The normalized spacial score (nSPS) is 13.8. The first kappa shape index (κ1) is 15.8. The van der Waals surface area contributed by atoms with Crippen LogP contribution in [0.1, 0.15) is 28.7 Å². The van der Waals surface area contributed by atoms with Gasteiger partial charge in [-0.25, -0.2) is 0 Å². The average Bonchev–Trinajstić information content (AvgIpc) is 2.50. The van der Waals surface area contributed by atoms with E-state index in [4.69, 9.17) is 22.1 Å². The second-order valence-electron chi connectivity index (χ2n) is 5.06. The molecule has 0 spiro atoms. The zero-order valence-electron chi connectivity index (χ0n) is 12.2. The molecule has 2 rings (SSSR count). The Kier molecular flexibility index (Phi) is 5.23. The molecule has 0 aliphatic heterocycles. The molecule has 21 heavy (non-hydrogen) atoms. The first-order valence-electron chi connectivity index (χ1n) is 6.85. The number of ether oxygens (including phenoxy) is 1. The summed E-state index contributed by atoms with van der Waals surface area (Å²) in [7, 11) is 1.62. The highest BCUT2D eigenvalue weighted by Crippen LogP contribution is 2.34. The largest absolute Gasteiger partial charge is 0.497 e. The molecule has 2 unspecified atom stereocenters. The van der Waals surface area contributed by atoms with E-state index in [2.05, 4.69) is 0 Å². The van der Waals surface area contributed by atoms with Crippen molar-refractivity contribution in [1.82, 2.24) is 0 Å². The summed E-state index contributed by atoms with van der Waals surface area (Å²) >= 11 is 6.04. The molecule has 3 nitrogen and oxygen atoms in total. The van der Waals surface area contributed by atoms with Crippen LogP contribution >= 0.6 is 11.6 Å². The van der Waals surface area contributed by atoms with Gasteiger partial charge in [-0.1, -0.05) is 29.8 Å². The van der Waals surface area contributed by atoms with E-state index < -0.39 is 6.10 Å². The van der Waals surface area contributed by atoms with Crippen LogP contribution in [0.5, 0.6) is 5.75 Å². The molecule has 112 valence electrons. The zero-order valence-corrected chi connectivity index (χ0v) is 13.0. The number of aryl methyl sites for hydroxylation is 1. The van der Waals surface area contributed by atoms with E-state index in [9.17, 15) is 5.11 Å². The molecule has 0 fully saturated rings. The minimum Gasteiger partial charge on any atom is -0.497 e. The third kappa shape index (κ3) is 3.56. The summed E-state index contributed by atoms with van der Waals surface area (Å²) < 4.78 is 5.23. The standard InChI is InChI=1S/C17H20ClNO2/c1-11-6-7-13(18)9-15(11)17(20)16(10-19)12-4-3-5-14(8-12)21-2/h3-9,16-17,20H,10,19H2,1-2H3. The van der Waals surface area contributed by atoms with Gasteiger partial charge >= 0.3 is 0 Å². The molecule has 0 radical (unpaired) electrons. The highest BCUT2D eigenvalue weighted by molar-refractivity contribution is 6.30. The Bertz CT molecular complexity index is 615. The van der Waals surface area contributed by atoms with Crippen molar-refractivity contribution >= 4 is 11.6 Å². The lowest BCUT2D eigenvalue weighted by atomic mass is 9.87. The van der Waals surface area contributed by atoms with E-state index in [1.165, 1.54) is 0 Å². The number of halogens is 1. The van der Waals surface area contributed by atoms with E-state index in [0.717, 1.165) is 22.4 Å². The van der Waals surface area contributed by atoms with Gasteiger partial charge in [-0.2, -0.15) is 0 Å². The maximum Gasteiger partial charge on any atom is 0.119 e. The Morgan fingerprint density at radius 3 is 2.67 bits per heavy atom. The van der Waals surface area contributed by atoms with E-state index in [-0.39, 0.29) is 5.92 Å². The molecule has 4 heteroatoms. The van der Waals surface area contributed by atoms with Gasteiger partial charge in [-0.15, -0.1) is 0 Å². The molecular weight excluding hydrogens is 286 g/mol. The fraction of sp³-hybridized carbons (Fsp3) is 0.294. The van der Waals surface area contributed by atoms with Gasteiger partial charge in [0, 0.05) is 17.5 Å². The summed E-state index contributed by atoms with van der Waals surface area (Å²) in [4.78, 5) is 0. The molecule has 2 aromatic rings. The van der Waals surface area contributed by atoms with Gasteiger partial charge in [-0.05, 0) is 47.9 Å². The minimum atomic E-state index is -0.708. The fourth-order valence-corrected chi connectivity index (χ4v) is 2.65. The lowest BCUT2D eigenvalue weighted by molar-refractivity contribution is 0.146. The van der Waals surface area contributed by atoms with Gasteiger partial charge in [0.25, 0.3) is 0 Å². The summed E-state index contributed by atoms with van der Waals surface area (Å²) in [5.74, 6) is 0.540. The summed E-state index contributed by atoms with van der Waals surface area (Å²) in [6.45, 7) is 2.29. The number of methoxy groups -OCH3 is 1. The minimum absolute atomic E-state index is 0.211. The van der Waals surface area contributed by atoms with Gasteiger partial charge in [0.1, 0.15) is 5.75 Å². The molecule has 0 aliphatic rings. The first-order chi connectivity index (χ1) is 10.1. The highest BCUT2D eigenvalue weighted by Gasteiger charge is 2.23. The second-order valence-corrected chi connectivity index (χ2v) is 5.50. The van der Waals surface area contributed by atoms with Crippen molar-refractivity contribution < 1.29 is 9.84 Å². The zero-order chi connectivity index (χ0) is 15.4. The van der Waals surface area contributed by atoms with Crippen LogP contribution in [0.25, 0.3) is 0 Å². The topological polar surface area (TPSA) is 55.5 Å². The number of rotatable bonds is 5. The number of aliphatic hydroxyl groups is 1. The van der Waals surface area contributed by atoms with E-state index >= 15 is 0 Å². The lowest BCUT2D eigenvalue weighted by Gasteiger charge is -2.24. The summed E-state index contributed by atoms with van der Waals surface area (Å²) in [5.41, 5.74) is 8.64. The van der Waals surface area contributed by atoms with Gasteiger partial charge in [0.15, 0.2) is 0 Å². The maximum atomic E-state index is 10.7. The molecule has 2 atom stereocenters. The maximum absolute atomic E-state index is 10.7. The summed E-state index contributed by atoms with van der Waals surface area (Å²) in [5, 5.41) is 11.3. The second kappa shape index (κ2) is 6.94. The number of benzene rings is 2. The number of nitrogens with two attached hydrogens (primary N) is 1. The molecule has 0 heterocycles. The monoisotopic (exact) mass is 305 g/mol. The molecule has 0 saturated heterocycles. The van der Waals surface area contributed by atoms with Crippen molar-refractivity contribution in [3.05, 3.63) is 64.2 Å². The predicted octanol–water partition coefficient (Wildman–Crippen LogP) is 3.43. The van der Waals surface area contributed by atoms with Crippen molar-refractivity contribution in [3.63, 3.8) is 0 Å². The average molecular weight is 306 g/mol. The van der Waals surface area contributed by atoms with Crippen LogP contribution in [-0.4, -0.2) is 18.8 Å². The van der Waals surface area contributed by atoms with Crippen LogP contribution in [-0.2, 0) is 0 Å². The van der Waals surface area contributed by atoms with Crippen molar-refractivity contribution in [2.24, 2.45) is 5.73 Å². The quantitative estimate of drug-likeness (QED) is 0.890. The van der Waals surface area contributed by atoms with Crippen LogP contribution in [0.4, 0.5) is 0 Å². The molecule has 0 aromatic heterocycles. The van der Waals surface area contributed by atoms with E-state index in [0.29, 0.717) is 11.6 Å². The SMILES string of the molecule is COc1cccc(C(CN)C(O)c2cc(Cl)ccc2C)c1. The first-order valence-corrected chi connectivity index (χ1v) is 7.22. The van der Waals surface area contributed by atoms with Crippen molar-refractivity contribution in [3.8, 4) is 5.75 Å². The van der Waals surface area contributed by atoms with Gasteiger partial charge in [0.05, 0.1) is 13.2 Å². The summed E-state index contributed by atoms with van der Waals surface area (Å²) in [6, 6.07) is 13.1. The number of aliphatic hydroxyl groups excluding tert-OH is 1. The molecule has 0 saturated carbocycles. The fourth-order valence-electron chi connectivity index (χ4n) is 2.47. The Labute approximate surface area is 130 Å². The Morgan fingerprint density at radius 1 is 1.24 bits per heavy atom. The Morgan fingerprint density at radius 2 is 2.00 bits per heavy atom. The molecule has 0 bridgehead atoms. The third-order valence-electron chi connectivity index (χ3n) is 3.72. The Hall–Kier alpha value is -1.55. The lowest BCUT2D eigenvalue weighted by Crippen LogP contribution is -2.20. The smallest absolute Gasteiger partial charge is 0.119 e. The Balaban J connectivity index is 2.37. The van der Waals surface area contributed by atoms with Crippen LogP contribution < -0.4 is 10.5 Å².